The summed E-state index contributed by atoms with van der Waals surface area (Å²) in [6.45, 7) is 3.83. The average Bonchev–Trinajstić information content (AvgIpc) is 2.83. The Labute approximate surface area is 123 Å². The lowest BCUT2D eigenvalue weighted by molar-refractivity contribution is 0.284. The number of aromatic nitrogens is 2. The third-order valence-electron chi connectivity index (χ3n) is 2.79. The maximum absolute atomic E-state index is 11.3. The van der Waals surface area contributed by atoms with Gasteiger partial charge in [0, 0.05) is 6.42 Å². The molecular formula is C13H17N3O4S. The Bertz CT molecular complexity index is 725. The second-order valence-corrected chi connectivity index (χ2v) is 6.15. The van der Waals surface area contributed by atoms with E-state index >= 15 is 0 Å². The molecule has 0 amide bonds. The van der Waals surface area contributed by atoms with E-state index in [9.17, 15) is 8.42 Å². The van der Waals surface area contributed by atoms with Crippen LogP contribution in [-0.2, 0) is 23.1 Å². The number of hydrogen-bond acceptors (Lipinski definition) is 6. The Morgan fingerprint density at radius 2 is 2.14 bits per heavy atom. The fourth-order valence-electron chi connectivity index (χ4n) is 1.84. The van der Waals surface area contributed by atoms with Crippen LogP contribution in [0.5, 0.6) is 5.75 Å². The number of nitrogens with two attached hydrogens (primary N) is 1. The molecule has 0 aliphatic rings. The van der Waals surface area contributed by atoms with Gasteiger partial charge in [-0.15, -0.1) is 0 Å². The minimum atomic E-state index is -3.72. The van der Waals surface area contributed by atoms with Gasteiger partial charge < -0.3 is 9.26 Å². The van der Waals surface area contributed by atoms with Crippen LogP contribution < -0.4 is 9.88 Å². The Balaban J connectivity index is 2.05. The topological polar surface area (TPSA) is 108 Å². The quantitative estimate of drug-likeness (QED) is 0.867. The summed E-state index contributed by atoms with van der Waals surface area (Å²) in [6.07, 6.45) is 1.66. The van der Waals surface area contributed by atoms with Gasteiger partial charge in [0.1, 0.15) is 5.75 Å². The highest BCUT2D eigenvalue weighted by Crippen LogP contribution is 2.20. The summed E-state index contributed by atoms with van der Waals surface area (Å²) in [4.78, 5) is 4.26. The van der Waals surface area contributed by atoms with Crippen molar-refractivity contribution in [2.45, 2.75) is 38.2 Å². The molecule has 2 aromatic rings. The molecule has 2 rings (SSSR count). The predicted molar refractivity (Wildman–Crippen MR) is 75.2 cm³/mol. The highest BCUT2D eigenvalue weighted by Gasteiger charge is 2.12. The van der Waals surface area contributed by atoms with Gasteiger partial charge in [-0.05, 0) is 37.1 Å². The molecule has 0 aliphatic heterocycles. The molecule has 0 aliphatic carbocycles. The standard InChI is InChI=1S/C13H17N3O4S/c1-3-4-13-15-12(16-20-13)8-19-10-5-6-11(9(2)7-10)21(14,17)18/h5-7H,3-4,8H2,1-2H3,(H2,14,17,18). The van der Waals surface area contributed by atoms with Crippen molar-refractivity contribution in [2.24, 2.45) is 5.14 Å². The van der Waals surface area contributed by atoms with Crippen LogP contribution in [0.25, 0.3) is 0 Å². The van der Waals surface area contributed by atoms with E-state index in [0.29, 0.717) is 23.0 Å². The van der Waals surface area contributed by atoms with Gasteiger partial charge in [0.15, 0.2) is 6.61 Å². The molecule has 1 aromatic heterocycles. The second kappa shape index (κ2) is 6.23. The molecule has 21 heavy (non-hydrogen) atoms. The third-order valence-corrected chi connectivity index (χ3v) is 3.87. The van der Waals surface area contributed by atoms with E-state index in [0.717, 1.165) is 12.8 Å². The van der Waals surface area contributed by atoms with Crippen LogP contribution in [0.2, 0.25) is 0 Å². The van der Waals surface area contributed by atoms with Gasteiger partial charge in [0.2, 0.25) is 21.7 Å². The molecule has 1 heterocycles. The molecule has 0 atom stereocenters. The van der Waals surface area contributed by atoms with Crippen molar-refractivity contribution in [3.8, 4) is 5.75 Å². The third kappa shape index (κ3) is 4.02. The van der Waals surface area contributed by atoms with Gasteiger partial charge in [0.05, 0.1) is 4.90 Å². The Kier molecular flexibility index (Phi) is 4.59. The number of sulfonamides is 1. The smallest absolute Gasteiger partial charge is 0.238 e. The molecule has 0 radical (unpaired) electrons. The molecule has 2 N–H and O–H groups in total. The number of aryl methyl sites for hydroxylation is 2. The van der Waals surface area contributed by atoms with Crippen LogP contribution >= 0.6 is 0 Å². The Morgan fingerprint density at radius 1 is 1.38 bits per heavy atom. The fraction of sp³-hybridized carbons (Fsp3) is 0.385. The van der Waals surface area contributed by atoms with E-state index in [1.54, 1.807) is 19.1 Å². The first-order chi connectivity index (χ1) is 9.90. The summed E-state index contributed by atoms with van der Waals surface area (Å²) in [5, 5.41) is 8.91. The molecule has 0 fully saturated rings. The van der Waals surface area contributed by atoms with Crippen molar-refractivity contribution in [1.82, 2.24) is 10.1 Å². The van der Waals surface area contributed by atoms with E-state index in [-0.39, 0.29) is 11.5 Å². The zero-order chi connectivity index (χ0) is 15.5. The summed E-state index contributed by atoms with van der Waals surface area (Å²) in [5.41, 5.74) is 0.523. The maximum atomic E-state index is 11.3. The van der Waals surface area contributed by atoms with Gasteiger partial charge in [-0.25, -0.2) is 13.6 Å². The maximum Gasteiger partial charge on any atom is 0.238 e. The fourth-order valence-corrected chi connectivity index (χ4v) is 2.61. The highest BCUT2D eigenvalue weighted by molar-refractivity contribution is 7.89. The lowest BCUT2D eigenvalue weighted by Crippen LogP contribution is -2.13. The van der Waals surface area contributed by atoms with Gasteiger partial charge >= 0.3 is 0 Å². The van der Waals surface area contributed by atoms with E-state index < -0.39 is 10.0 Å². The van der Waals surface area contributed by atoms with Gasteiger partial charge in [-0.1, -0.05) is 12.1 Å². The number of primary sulfonamides is 1. The summed E-state index contributed by atoms with van der Waals surface area (Å²) in [6, 6.07) is 4.56. The molecule has 8 heteroatoms. The summed E-state index contributed by atoms with van der Waals surface area (Å²) < 4.78 is 33.2. The number of ether oxygens (including phenoxy) is 1. The molecule has 0 bridgehead atoms. The van der Waals surface area contributed by atoms with Crippen LogP contribution in [0, 0.1) is 6.92 Å². The second-order valence-electron chi connectivity index (χ2n) is 4.62. The first-order valence-electron chi connectivity index (χ1n) is 6.48. The summed E-state index contributed by atoms with van der Waals surface area (Å²) in [7, 11) is -3.72. The minimum absolute atomic E-state index is 0.0830. The van der Waals surface area contributed by atoms with E-state index in [4.69, 9.17) is 14.4 Å². The van der Waals surface area contributed by atoms with Crippen molar-refractivity contribution in [3.05, 3.63) is 35.5 Å². The van der Waals surface area contributed by atoms with Crippen molar-refractivity contribution >= 4 is 10.0 Å². The first kappa shape index (κ1) is 15.5. The number of benzene rings is 1. The molecule has 1 aromatic carbocycles. The SMILES string of the molecule is CCCc1nc(COc2ccc(S(N)(=O)=O)c(C)c2)no1. The molecule has 0 saturated carbocycles. The molecular weight excluding hydrogens is 294 g/mol. The predicted octanol–water partition coefficient (Wildman–Crippen LogP) is 1.56. The van der Waals surface area contributed by atoms with Crippen LogP contribution in [0.4, 0.5) is 0 Å². The van der Waals surface area contributed by atoms with Gasteiger partial charge in [-0.3, -0.25) is 0 Å². The molecule has 114 valence electrons. The van der Waals surface area contributed by atoms with Crippen molar-refractivity contribution in [1.29, 1.82) is 0 Å². The zero-order valence-electron chi connectivity index (χ0n) is 11.9. The lowest BCUT2D eigenvalue weighted by atomic mass is 10.2. The average molecular weight is 311 g/mol. The number of nitrogens with zero attached hydrogens (tertiary/aromatic N) is 2. The molecule has 0 saturated heterocycles. The largest absolute Gasteiger partial charge is 0.485 e. The van der Waals surface area contributed by atoms with Crippen LogP contribution in [0.3, 0.4) is 0 Å². The number of hydrogen-bond donors (Lipinski definition) is 1. The van der Waals surface area contributed by atoms with Crippen LogP contribution in [0.15, 0.2) is 27.6 Å². The highest BCUT2D eigenvalue weighted by atomic mass is 32.2. The van der Waals surface area contributed by atoms with E-state index in [1.165, 1.54) is 6.07 Å². The van der Waals surface area contributed by atoms with Crippen LogP contribution in [-0.4, -0.2) is 18.6 Å². The summed E-state index contributed by atoms with van der Waals surface area (Å²) >= 11 is 0. The molecule has 0 unspecified atom stereocenters. The van der Waals surface area contributed by atoms with Crippen LogP contribution in [0.1, 0.15) is 30.6 Å². The van der Waals surface area contributed by atoms with E-state index in [2.05, 4.69) is 10.1 Å². The summed E-state index contributed by atoms with van der Waals surface area (Å²) in [5.74, 6) is 1.55. The number of rotatable bonds is 6. The van der Waals surface area contributed by atoms with Crippen molar-refractivity contribution < 1.29 is 17.7 Å². The zero-order valence-corrected chi connectivity index (χ0v) is 12.7. The van der Waals surface area contributed by atoms with Gasteiger partial charge in [0.25, 0.3) is 0 Å². The minimum Gasteiger partial charge on any atom is -0.485 e. The van der Waals surface area contributed by atoms with E-state index in [1.807, 2.05) is 6.92 Å². The van der Waals surface area contributed by atoms with Crippen molar-refractivity contribution in [3.63, 3.8) is 0 Å². The molecule has 7 nitrogen and oxygen atoms in total. The lowest BCUT2D eigenvalue weighted by Gasteiger charge is -2.07. The molecule has 0 spiro atoms. The monoisotopic (exact) mass is 311 g/mol. The normalized spacial score (nSPS) is 11.6. The van der Waals surface area contributed by atoms with Gasteiger partial charge in [-0.2, -0.15) is 4.98 Å². The first-order valence-corrected chi connectivity index (χ1v) is 8.02. The Hall–Kier alpha value is -1.93. The Morgan fingerprint density at radius 3 is 2.76 bits per heavy atom. The van der Waals surface area contributed by atoms with Crippen molar-refractivity contribution in [2.75, 3.05) is 0 Å².